The number of nitrogens with zero attached hydrogens (tertiary/aromatic N) is 5. The van der Waals surface area contributed by atoms with Gasteiger partial charge >= 0.3 is 0 Å². The summed E-state index contributed by atoms with van der Waals surface area (Å²) >= 11 is 0. The van der Waals surface area contributed by atoms with E-state index in [2.05, 4.69) is 20.4 Å². The molecule has 1 amide bonds. The quantitative estimate of drug-likeness (QED) is 0.790. The predicted octanol–water partition coefficient (Wildman–Crippen LogP) is 2.36. The number of nitrogens with one attached hydrogen (secondary N) is 1. The normalized spacial score (nSPS) is 10.9. The van der Waals surface area contributed by atoms with Crippen LogP contribution < -0.4 is 10.2 Å². The Morgan fingerprint density at radius 2 is 2.00 bits per heavy atom. The average Bonchev–Trinajstić information content (AvgIpc) is 2.92. The van der Waals surface area contributed by atoms with Gasteiger partial charge in [-0.3, -0.25) is 9.48 Å². The van der Waals surface area contributed by atoms with Gasteiger partial charge in [0, 0.05) is 19.8 Å². The van der Waals surface area contributed by atoms with Crippen LogP contribution in [0.5, 0.6) is 0 Å². The standard InChI is InChI=1S/C18H22N6O/c1-11-7-6-8-15(12(11)2)22-16(25)10-23(4)17-14-9-19-24(5)18(14)21-13(3)20-17/h6-9H,10H2,1-5H3,(H,22,25). The molecular formula is C18H22N6O. The van der Waals surface area contributed by atoms with Gasteiger partial charge in [-0.1, -0.05) is 12.1 Å². The fourth-order valence-corrected chi connectivity index (χ4v) is 2.77. The molecule has 130 valence electrons. The molecule has 0 atom stereocenters. The fourth-order valence-electron chi connectivity index (χ4n) is 2.77. The van der Waals surface area contributed by atoms with E-state index in [1.54, 1.807) is 10.9 Å². The van der Waals surface area contributed by atoms with Gasteiger partial charge in [0.2, 0.25) is 5.91 Å². The Kier molecular flexibility index (Phi) is 4.39. The third-order valence-corrected chi connectivity index (χ3v) is 4.30. The zero-order valence-corrected chi connectivity index (χ0v) is 15.2. The van der Waals surface area contributed by atoms with Crippen LogP contribution in [0.4, 0.5) is 11.5 Å². The lowest BCUT2D eigenvalue weighted by atomic mass is 10.1. The summed E-state index contributed by atoms with van der Waals surface area (Å²) in [5.74, 6) is 1.25. The minimum atomic E-state index is -0.0931. The zero-order chi connectivity index (χ0) is 18.1. The molecule has 2 aromatic heterocycles. The van der Waals surface area contributed by atoms with E-state index >= 15 is 0 Å². The maximum absolute atomic E-state index is 12.5. The van der Waals surface area contributed by atoms with Crippen LogP contribution in [0.25, 0.3) is 11.0 Å². The van der Waals surface area contributed by atoms with Crippen molar-refractivity contribution in [2.24, 2.45) is 7.05 Å². The van der Waals surface area contributed by atoms with Gasteiger partial charge in [0.1, 0.15) is 11.6 Å². The second-order valence-electron chi connectivity index (χ2n) is 6.25. The van der Waals surface area contributed by atoms with Gasteiger partial charge in [-0.25, -0.2) is 9.97 Å². The second kappa shape index (κ2) is 6.51. The van der Waals surface area contributed by atoms with Gasteiger partial charge in [0.05, 0.1) is 18.1 Å². The van der Waals surface area contributed by atoms with Crippen molar-refractivity contribution >= 4 is 28.4 Å². The van der Waals surface area contributed by atoms with Crippen molar-refractivity contribution in [3.05, 3.63) is 41.3 Å². The van der Waals surface area contributed by atoms with Gasteiger partial charge in [-0.2, -0.15) is 5.10 Å². The second-order valence-corrected chi connectivity index (χ2v) is 6.25. The minimum Gasteiger partial charge on any atom is -0.350 e. The van der Waals surface area contributed by atoms with Crippen LogP contribution >= 0.6 is 0 Å². The molecule has 0 spiro atoms. The lowest BCUT2D eigenvalue weighted by molar-refractivity contribution is -0.114. The van der Waals surface area contributed by atoms with E-state index in [1.165, 1.54) is 0 Å². The van der Waals surface area contributed by atoms with E-state index in [-0.39, 0.29) is 12.5 Å². The number of hydrogen-bond acceptors (Lipinski definition) is 5. The highest BCUT2D eigenvalue weighted by atomic mass is 16.2. The minimum absolute atomic E-state index is 0.0931. The van der Waals surface area contributed by atoms with Crippen molar-refractivity contribution in [3.63, 3.8) is 0 Å². The van der Waals surface area contributed by atoms with Gasteiger partial charge in [0.25, 0.3) is 0 Å². The number of anilines is 2. The van der Waals surface area contributed by atoms with E-state index in [4.69, 9.17) is 0 Å². The number of carbonyl (C=O) groups excluding carboxylic acids is 1. The molecule has 25 heavy (non-hydrogen) atoms. The molecule has 1 aromatic carbocycles. The Hall–Kier alpha value is -2.96. The van der Waals surface area contributed by atoms with E-state index in [0.717, 1.165) is 27.8 Å². The van der Waals surface area contributed by atoms with Gasteiger partial charge in [-0.15, -0.1) is 0 Å². The van der Waals surface area contributed by atoms with Crippen molar-refractivity contribution in [1.82, 2.24) is 19.7 Å². The summed E-state index contributed by atoms with van der Waals surface area (Å²) in [7, 11) is 3.68. The molecule has 0 bridgehead atoms. The Morgan fingerprint density at radius 1 is 1.24 bits per heavy atom. The van der Waals surface area contributed by atoms with Crippen LogP contribution in [0, 0.1) is 20.8 Å². The molecular weight excluding hydrogens is 316 g/mol. The number of fused-ring (bicyclic) bond motifs is 1. The highest BCUT2D eigenvalue weighted by Crippen LogP contribution is 2.23. The Balaban J connectivity index is 1.81. The first-order valence-corrected chi connectivity index (χ1v) is 8.10. The maximum Gasteiger partial charge on any atom is 0.243 e. The third-order valence-electron chi connectivity index (χ3n) is 4.30. The average molecular weight is 338 g/mol. The van der Waals surface area contributed by atoms with Crippen molar-refractivity contribution in [3.8, 4) is 0 Å². The molecule has 0 fully saturated rings. The highest BCUT2D eigenvalue weighted by molar-refractivity contribution is 5.96. The number of amides is 1. The first-order valence-electron chi connectivity index (χ1n) is 8.10. The van der Waals surface area contributed by atoms with E-state index < -0.39 is 0 Å². The van der Waals surface area contributed by atoms with E-state index in [1.807, 2.05) is 58.0 Å². The summed E-state index contributed by atoms with van der Waals surface area (Å²) in [5, 5.41) is 8.04. The smallest absolute Gasteiger partial charge is 0.243 e. The molecule has 1 N–H and O–H groups in total. The molecule has 0 unspecified atom stereocenters. The zero-order valence-electron chi connectivity index (χ0n) is 15.2. The number of carbonyl (C=O) groups is 1. The molecule has 2 heterocycles. The molecule has 0 saturated heterocycles. The van der Waals surface area contributed by atoms with E-state index in [0.29, 0.717) is 11.6 Å². The number of benzene rings is 1. The molecule has 7 heteroatoms. The Bertz CT molecular complexity index is 946. The molecule has 0 aliphatic heterocycles. The topological polar surface area (TPSA) is 75.9 Å². The molecule has 0 radical (unpaired) electrons. The maximum atomic E-state index is 12.5. The number of rotatable bonds is 4. The lowest BCUT2D eigenvalue weighted by Gasteiger charge is -2.19. The van der Waals surface area contributed by atoms with Crippen molar-refractivity contribution in [2.75, 3.05) is 23.8 Å². The molecule has 0 saturated carbocycles. The van der Waals surface area contributed by atoms with Gasteiger partial charge in [0.15, 0.2) is 5.65 Å². The number of likely N-dealkylation sites (N-methyl/N-ethyl adjacent to an activating group) is 1. The van der Waals surface area contributed by atoms with Crippen LogP contribution in [-0.4, -0.2) is 39.2 Å². The third kappa shape index (κ3) is 3.31. The summed E-state index contributed by atoms with van der Waals surface area (Å²) in [5.41, 5.74) is 3.81. The lowest BCUT2D eigenvalue weighted by Crippen LogP contribution is -2.31. The predicted molar refractivity (Wildman–Crippen MR) is 98.9 cm³/mol. The molecule has 7 nitrogen and oxygen atoms in total. The largest absolute Gasteiger partial charge is 0.350 e. The fraction of sp³-hybridized carbons (Fsp3) is 0.333. The first-order chi connectivity index (χ1) is 11.9. The molecule has 3 aromatic rings. The van der Waals surface area contributed by atoms with E-state index in [9.17, 15) is 4.79 Å². The Morgan fingerprint density at radius 3 is 2.76 bits per heavy atom. The molecule has 0 aliphatic carbocycles. The van der Waals surface area contributed by atoms with Gasteiger partial charge in [-0.05, 0) is 38.0 Å². The van der Waals surface area contributed by atoms with Crippen molar-refractivity contribution in [2.45, 2.75) is 20.8 Å². The Labute approximate surface area is 146 Å². The monoisotopic (exact) mass is 338 g/mol. The number of aryl methyl sites for hydroxylation is 3. The van der Waals surface area contributed by atoms with Crippen LogP contribution in [0.1, 0.15) is 17.0 Å². The highest BCUT2D eigenvalue weighted by Gasteiger charge is 2.16. The first kappa shape index (κ1) is 16.9. The SMILES string of the molecule is Cc1nc(N(C)CC(=O)Nc2cccc(C)c2C)c2cnn(C)c2n1. The number of aromatic nitrogens is 4. The summed E-state index contributed by atoms with van der Waals surface area (Å²) in [6.07, 6.45) is 1.73. The van der Waals surface area contributed by atoms with Crippen LogP contribution in [0.3, 0.4) is 0 Å². The summed E-state index contributed by atoms with van der Waals surface area (Å²) in [6, 6.07) is 5.88. The summed E-state index contributed by atoms with van der Waals surface area (Å²) in [4.78, 5) is 23.2. The van der Waals surface area contributed by atoms with Crippen molar-refractivity contribution in [1.29, 1.82) is 0 Å². The van der Waals surface area contributed by atoms with Crippen LogP contribution in [0.2, 0.25) is 0 Å². The summed E-state index contributed by atoms with van der Waals surface area (Å²) < 4.78 is 1.71. The summed E-state index contributed by atoms with van der Waals surface area (Å²) in [6.45, 7) is 6.05. The molecule has 3 rings (SSSR count). The van der Waals surface area contributed by atoms with Crippen molar-refractivity contribution < 1.29 is 4.79 Å². The number of hydrogen-bond donors (Lipinski definition) is 1. The van der Waals surface area contributed by atoms with Crippen LogP contribution in [0.15, 0.2) is 24.4 Å². The molecule has 0 aliphatic rings. The van der Waals surface area contributed by atoms with Gasteiger partial charge < -0.3 is 10.2 Å². The van der Waals surface area contributed by atoms with Crippen LogP contribution in [-0.2, 0) is 11.8 Å².